The van der Waals surface area contributed by atoms with Crippen LogP contribution < -0.4 is 0 Å². The topological polar surface area (TPSA) is 39.9 Å². The molecule has 0 saturated carbocycles. The van der Waals surface area contributed by atoms with Crippen molar-refractivity contribution in [2.45, 2.75) is 32.7 Å². The second-order valence-electron chi connectivity index (χ2n) is 5.20. The first-order valence-electron chi connectivity index (χ1n) is 6.72. The van der Waals surface area contributed by atoms with Crippen LogP contribution in [0.25, 0.3) is 11.2 Å². The number of nitrogens with zero attached hydrogens (tertiary/aromatic N) is 3. The van der Waals surface area contributed by atoms with E-state index < -0.39 is 0 Å². The smallest absolute Gasteiger partial charge is 0.160 e. The fourth-order valence-electron chi connectivity index (χ4n) is 2.00. The Hall–Kier alpha value is -0.840. The summed E-state index contributed by atoms with van der Waals surface area (Å²) in [6.07, 6.45) is 1.62. The molecule has 0 bridgehead atoms. The summed E-state index contributed by atoms with van der Waals surface area (Å²) in [5.41, 5.74) is 1.56. The highest BCUT2D eigenvalue weighted by Gasteiger charge is 2.16. The maximum Gasteiger partial charge on any atom is 0.160 e. The molecule has 6 heteroatoms. The molecule has 0 spiro atoms. The summed E-state index contributed by atoms with van der Waals surface area (Å²) < 4.78 is 7.63. The standard InChI is InChI=1S/C14H19Cl2N3O/c1-9(2)8-20-5-4-19-13(10(3)15)18-12-6-11(16)7-17-14(12)19/h6-7,9-10H,4-5,8H2,1-3H3. The van der Waals surface area contributed by atoms with Crippen LogP contribution in [0, 0.1) is 5.92 Å². The van der Waals surface area contributed by atoms with Gasteiger partial charge in [-0.05, 0) is 18.9 Å². The Kier molecular flexibility index (Phi) is 5.24. The molecule has 0 N–H and O–H groups in total. The molecule has 0 saturated heterocycles. The van der Waals surface area contributed by atoms with E-state index in [0.29, 0.717) is 24.1 Å². The van der Waals surface area contributed by atoms with Crippen molar-refractivity contribution in [3.8, 4) is 0 Å². The van der Waals surface area contributed by atoms with Crippen LogP contribution in [0.5, 0.6) is 0 Å². The molecule has 2 rings (SSSR count). The van der Waals surface area contributed by atoms with Crippen LogP contribution in [-0.4, -0.2) is 27.7 Å². The van der Waals surface area contributed by atoms with E-state index in [0.717, 1.165) is 23.6 Å². The second-order valence-corrected chi connectivity index (χ2v) is 6.29. The van der Waals surface area contributed by atoms with Gasteiger partial charge in [-0.25, -0.2) is 9.97 Å². The van der Waals surface area contributed by atoms with Gasteiger partial charge in [0.1, 0.15) is 11.3 Å². The largest absolute Gasteiger partial charge is 0.379 e. The van der Waals surface area contributed by atoms with Crippen molar-refractivity contribution < 1.29 is 4.74 Å². The lowest BCUT2D eigenvalue weighted by Gasteiger charge is -2.11. The number of aromatic nitrogens is 3. The molecule has 1 atom stereocenters. The second kappa shape index (κ2) is 6.74. The molecule has 0 amide bonds. The Labute approximate surface area is 129 Å². The lowest BCUT2D eigenvalue weighted by Crippen LogP contribution is -2.12. The van der Waals surface area contributed by atoms with Gasteiger partial charge in [-0.3, -0.25) is 0 Å². The molecule has 0 aliphatic rings. The monoisotopic (exact) mass is 315 g/mol. The van der Waals surface area contributed by atoms with E-state index in [9.17, 15) is 0 Å². The Bertz CT molecular complexity index is 581. The number of imidazole rings is 1. The van der Waals surface area contributed by atoms with Gasteiger partial charge < -0.3 is 9.30 Å². The van der Waals surface area contributed by atoms with E-state index in [2.05, 4.69) is 23.8 Å². The molecular formula is C14H19Cl2N3O. The van der Waals surface area contributed by atoms with E-state index in [1.54, 1.807) is 12.3 Å². The van der Waals surface area contributed by atoms with E-state index in [4.69, 9.17) is 27.9 Å². The predicted molar refractivity (Wildman–Crippen MR) is 82.5 cm³/mol. The number of alkyl halides is 1. The Morgan fingerprint density at radius 2 is 2.10 bits per heavy atom. The lowest BCUT2D eigenvalue weighted by atomic mass is 10.2. The number of ether oxygens (including phenoxy) is 1. The average molecular weight is 316 g/mol. The van der Waals surface area contributed by atoms with Gasteiger partial charge in [0.05, 0.1) is 17.0 Å². The minimum atomic E-state index is -0.187. The number of hydrogen-bond donors (Lipinski definition) is 0. The van der Waals surface area contributed by atoms with Crippen LogP contribution in [-0.2, 0) is 11.3 Å². The Morgan fingerprint density at radius 1 is 1.35 bits per heavy atom. The molecule has 0 aliphatic heterocycles. The zero-order chi connectivity index (χ0) is 14.7. The SMILES string of the molecule is CC(C)COCCn1c(C(C)Cl)nc2cc(Cl)cnc21. The molecule has 20 heavy (non-hydrogen) atoms. The van der Waals surface area contributed by atoms with Crippen LogP contribution in [0.4, 0.5) is 0 Å². The highest BCUT2D eigenvalue weighted by molar-refractivity contribution is 6.31. The summed E-state index contributed by atoms with van der Waals surface area (Å²) in [5, 5.41) is 0.389. The van der Waals surface area contributed by atoms with Crippen molar-refractivity contribution >= 4 is 34.4 Å². The minimum absolute atomic E-state index is 0.187. The average Bonchev–Trinajstić information content (AvgIpc) is 2.72. The Morgan fingerprint density at radius 3 is 2.75 bits per heavy atom. The van der Waals surface area contributed by atoms with Crippen LogP contribution in [0.15, 0.2) is 12.3 Å². The van der Waals surface area contributed by atoms with Crippen LogP contribution >= 0.6 is 23.2 Å². The molecule has 1 unspecified atom stereocenters. The van der Waals surface area contributed by atoms with Gasteiger partial charge in [-0.2, -0.15) is 0 Å². The number of pyridine rings is 1. The quantitative estimate of drug-likeness (QED) is 0.596. The fourth-order valence-corrected chi connectivity index (χ4v) is 2.32. The minimum Gasteiger partial charge on any atom is -0.379 e. The molecule has 0 fully saturated rings. The molecule has 2 aromatic heterocycles. The third-order valence-electron chi connectivity index (χ3n) is 2.85. The third kappa shape index (κ3) is 3.62. The summed E-state index contributed by atoms with van der Waals surface area (Å²) in [7, 11) is 0. The van der Waals surface area contributed by atoms with Gasteiger partial charge >= 0.3 is 0 Å². The first-order chi connectivity index (χ1) is 9.49. The van der Waals surface area contributed by atoms with Crippen molar-refractivity contribution in [2.75, 3.05) is 13.2 Å². The molecule has 4 nitrogen and oxygen atoms in total. The van der Waals surface area contributed by atoms with E-state index in [1.165, 1.54) is 0 Å². The van der Waals surface area contributed by atoms with Gasteiger partial charge in [-0.15, -0.1) is 11.6 Å². The number of halogens is 2. The highest BCUT2D eigenvalue weighted by atomic mass is 35.5. The van der Waals surface area contributed by atoms with Crippen molar-refractivity contribution in [3.05, 3.63) is 23.1 Å². The van der Waals surface area contributed by atoms with Crippen molar-refractivity contribution in [1.82, 2.24) is 14.5 Å². The zero-order valence-corrected chi connectivity index (χ0v) is 13.4. The molecule has 0 aliphatic carbocycles. The summed E-state index contributed by atoms with van der Waals surface area (Å²) in [6.45, 7) is 8.20. The van der Waals surface area contributed by atoms with Gasteiger partial charge in [0.25, 0.3) is 0 Å². The van der Waals surface area contributed by atoms with E-state index in [-0.39, 0.29) is 5.38 Å². The molecule has 2 heterocycles. The fraction of sp³-hybridized carbons (Fsp3) is 0.571. The molecule has 110 valence electrons. The maximum atomic E-state index is 6.20. The lowest BCUT2D eigenvalue weighted by molar-refractivity contribution is 0.103. The zero-order valence-electron chi connectivity index (χ0n) is 11.9. The number of fused-ring (bicyclic) bond motifs is 1. The normalized spacial score (nSPS) is 13.3. The van der Waals surface area contributed by atoms with Crippen molar-refractivity contribution in [1.29, 1.82) is 0 Å². The number of rotatable bonds is 6. The molecule has 0 radical (unpaired) electrons. The summed E-state index contributed by atoms with van der Waals surface area (Å²) >= 11 is 12.1. The highest BCUT2D eigenvalue weighted by Crippen LogP contribution is 2.24. The molecule has 0 aromatic carbocycles. The maximum absolute atomic E-state index is 6.20. The first-order valence-corrected chi connectivity index (χ1v) is 7.54. The van der Waals surface area contributed by atoms with Crippen molar-refractivity contribution in [2.24, 2.45) is 5.92 Å². The summed E-state index contributed by atoms with van der Waals surface area (Å²) in [4.78, 5) is 8.87. The summed E-state index contributed by atoms with van der Waals surface area (Å²) in [5.74, 6) is 1.32. The van der Waals surface area contributed by atoms with Crippen molar-refractivity contribution in [3.63, 3.8) is 0 Å². The van der Waals surface area contributed by atoms with Gasteiger partial charge in [0.2, 0.25) is 0 Å². The first kappa shape index (κ1) is 15.5. The van der Waals surface area contributed by atoms with Crippen LogP contribution in [0.2, 0.25) is 5.02 Å². The van der Waals surface area contributed by atoms with Gasteiger partial charge in [0, 0.05) is 19.3 Å². The van der Waals surface area contributed by atoms with Gasteiger partial charge in [0.15, 0.2) is 5.65 Å². The molecular weight excluding hydrogens is 297 g/mol. The predicted octanol–water partition coefficient (Wildman–Crippen LogP) is 4.06. The van der Waals surface area contributed by atoms with Crippen LogP contribution in [0.1, 0.15) is 32.0 Å². The summed E-state index contributed by atoms with van der Waals surface area (Å²) in [6, 6.07) is 1.80. The van der Waals surface area contributed by atoms with Crippen LogP contribution in [0.3, 0.4) is 0 Å². The van der Waals surface area contributed by atoms with E-state index >= 15 is 0 Å². The Balaban J connectivity index is 2.22. The van der Waals surface area contributed by atoms with Gasteiger partial charge in [-0.1, -0.05) is 25.4 Å². The molecule has 2 aromatic rings. The number of hydrogen-bond acceptors (Lipinski definition) is 3. The third-order valence-corrected chi connectivity index (χ3v) is 3.25. The van der Waals surface area contributed by atoms with E-state index in [1.807, 2.05) is 11.5 Å².